The summed E-state index contributed by atoms with van der Waals surface area (Å²) in [6, 6.07) is 2.97. The fourth-order valence-corrected chi connectivity index (χ4v) is 1.80. The van der Waals surface area contributed by atoms with Crippen molar-refractivity contribution in [3.05, 3.63) is 22.7 Å². The molecular weight excluding hydrogens is 196 g/mol. The minimum Gasteiger partial charge on any atom is -0.507 e. The normalized spacial score (nSPS) is 9.83. The molecule has 0 heterocycles. The number of hydrogen-bond acceptors (Lipinski definition) is 3. The first-order valence-electron chi connectivity index (χ1n) is 3.21. The van der Waals surface area contributed by atoms with Gasteiger partial charge in [-0.25, -0.2) is 0 Å². The van der Waals surface area contributed by atoms with Crippen LogP contribution in [0.4, 0.5) is 0 Å². The maximum atomic E-state index is 10.6. The highest BCUT2D eigenvalue weighted by Gasteiger charge is 2.09. The average molecular weight is 203 g/mol. The number of thioether (sulfide) groups is 1. The van der Waals surface area contributed by atoms with Crippen LogP contribution in [0.25, 0.3) is 0 Å². The molecule has 2 nitrogen and oxygen atoms in total. The van der Waals surface area contributed by atoms with Gasteiger partial charge in [-0.3, -0.25) is 4.79 Å². The third-order valence-corrected chi connectivity index (χ3v) is 2.61. The molecule has 0 bridgehead atoms. The van der Waals surface area contributed by atoms with Crippen LogP contribution in [-0.4, -0.2) is 17.6 Å². The Morgan fingerprint density at radius 1 is 1.58 bits per heavy atom. The van der Waals surface area contributed by atoms with E-state index in [1.54, 1.807) is 6.26 Å². The van der Waals surface area contributed by atoms with E-state index < -0.39 is 0 Å². The Morgan fingerprint density at radius 2 is 2.25 bits per heavy atom. The Bertz CT molecular complexity index is 312. The smallest absolute Gasteiger partial charge is 0.152 e. The fourth-order valence-electron chi connectivity index (χ4n) is 0.888. The van der Waals surface area contributed by atoms with Crippen molar-refractivity contribution in [1.29, 1.82) is 0 Å². The first-order chi connectivity index (χ1) is 5.70. The first-order valence-corrected chi connectivity index (χ1v) is 4.81. The maximum Gasteiger partial charge on any atom is 0.152 e. The summed E-state index contributed by atoms with van der Waals surface area (Å²) in [6.45, 7) is 0. The second-order valence-corrected chi connectivity index (χ2v) is 3.35. The van der Waals surface area contributed by atoms with Crippen LogP contribution >= 0.6 is 23.4 Å². The third-order valence-electron chi connectivity index (χ3n) is 1.44. The first kappa shape index (κ1) is 9.42. The quantitative estimate of drug-likeness (QED) is 0.592. The van der Waals surface area contributed by atoms with Crippen molar-refractivity contribution in [2.24, 2.45) is 0 Å². The minimum absolute atomic E-state index is 0.0917. The number of carbonyl (C=O) groups is 1. The standard InChI is InChI=1S/C8H7ClO2S/c1-12-8-5(4-10)6(9)2-3-7(8)11/h2-4,11H,1H3. The van der Waals surface area contributed by atoms with E-state index in [-0.39, 0.29) is 5.75 Å². The summed E-state index contributed by atoms with van der Waals surface area (Å²) in [5, 5.41) is 9.68. The zero-order valence-electron chi connectivity index (χ0n) is 6.37. The van der Waals surface area contributed by atoms with E-state index in [2.05, 4.69) is 0 Å². The summed E-state index contributed by atoms with van der Waals surface area (Å²) < 4.78 is 0. The van der Waals surface area contributed by atoms with Crippen molar-refractivity contribution in [2.75, 3.05) is 6.26 Å². The molecular formula is C8H7ClO2S. The second kappa shape index (κ2) is 3.83. The van der Waals surface area contributed by atoms with E-state index >= 15 is 0 Å². The van der Waals surface area contributed by atoms with Crippen LogP contribution < -0.4 is 0 Å². The van der Waals surface area contributed by atoms with E-state index in [1.807, 2.05) is 0 Å². The van der Waals surface area contributed by atoms with Crippen LogP contribution in [0.3, 0.4) is 0 Å². The van der Waals surface area contributed by atoms with Crippen molar-refractivity contribution in [1.82, 2.24) is 0 Å². The Balaban J connectivity index is 3.38. The van der Waals surface area contributed by atoms with Crippen LogP contribution in [0.1, 0.15) is 10.4 Å². The average Bonchev–Trinajstić information content (AvgIpc) is 2.08. The molecule has 0 radical (unpaired) electrons. The zero-order chi connectivity index (χ0) is 9.14. The van der Waals surface area contributed by atoms with Gasteiger partial charge < -0.3 is 5.11 Å². The summed E-state index contributed by atoms with van der Waals surface area (Å²) in [6.07, 6.45) is 2.42. The van der Waals surface area contributed by atoms with Crippen LogP contribution in [0, 0.1) is 0 Å². The Morgan fingerprint density at radius 3 is 2.67 bits per heavy atom. The van der Waals surface area contributed by atoms with E-state index in [0.29, 0.717) is 21.8 Å². The molecule has 1 rings (SSSR count). The lowest BCUT2D eigenvalue weighted by atomic mass is 10.2. The molecule has 0 aliphatic carbocycles. The van der Waals surface area contributed by atoms with Crippen LogP contribution in [0.2, 0.25) is 5.02 Å². The molecule has 0 saturated carbocycles. The molecule has 1 N–H and O–H groups in total. The lowest BCUT2D eigenvalue weighted by Crippen LogP contribution is -1.86. The molecule has 12 heavy (non-hydrogen) atoms. The van der Waals surface area contributed by atoms with E-state index in [0.717, 1.165) is 0 Å². The summed E-state index contributed by atoms with van der Waals surface area (Å²) >= 11 is 7.02. The number of benzene rings is 1. The van der Waals surface area contributed by atoms with Gasteiger partial charge in [0, 0.05) is 0 Å². The Hall–Kier alpha value is -0.670. The van der Waals surface area contributed by atoms with Gasteiger partial charge in [-0.05, 0) is 18.4 Å². The van der Waals surface area contributed by atoms with E-state index in [9.17, 15) is 9.90 Å². The SMILES string of the molecule is CSc1c(O)ccc(Cl)c1C=O. The predicted molar refractivity (Wildman–Crippen MR) is 50.3 cm³/mol. The molecule has 0 aromatic heterocycles. The molecule has 64 valence electrons. The van der Waals surface area contributed by atoms with Gasteiger partial charge in [-0.1, -0.05) is 11.6 Å². The number of carbonyl (C=O) groups excluding carboxylic acids is 1. The van der Waals surface area contributed by atoms with Gasteiger partial charge in [-0.2, -0.15) is 0 Å². The molecule has 0 amide bonds. The Labute approximate surface area is 79.5 Å². The molecule has 0 aliphatic rings. The Kier molecular flexibility index (Phi) is 3.00. The zero-order valence-corrected chi connectivity index (χ0v) is 7.95. The molecule has 0 saturated heterocycles. The number of phenolic OH excluding ortho intramolecular Hbond substituents is 1. The summed E-state index contributed by atoms with van der Waals surface area (Å²) in [5.41, 5.74) is 0.351. The number of hydrogen-bond donors (Lipinski definition) is 1. The van der Waals surface area contributed by atoms with Gasteiger partial charge in [-0.15, -0.1) is 11.8 Å². The van der Waals surface area contributed by atoms with Crippen molar-refractivity contribution >= 4 is 29.6 Å². The van der Waals surface area contributed by atoms with Gasteiger partial charge in [0.05, 0.1) is 15.5 Å². The van der Waals surface area contributed by atoms with Crippen molar-refractivity contribution in [3.8, 4) is 5.75 Å². The summed E-state index contributed by atoms with van der Waals surface area (Å²) in [4.78, 5) is 11.1. The minimum atomic E-state index is 0.0917. The molecule has 1 aromatic rings. The number of aromatic hydroxyl groups is 1. The van der Waals surface area contributed by atoms with Crippen molar-refractivity contribution in [2.45, 2.75) is 4.90 Å². The monoisotopic (exact) mass is 202 g/mol. The summed E-state index contributed by atoms with van der Waals surface area (Å²) in [5.74, 6) is 0.0917. The predicted octanol–water partition coefficient (Wildman–Crippen LogP) is 2.58. The van der Waals surface area contributed by atoms with Gasteiger partial charge in [0.2, 0.25) is 0 Å². The molecule has 0 fully saturated rings. The highest BCUT2D eigenvalue weighted by molar-refractivity contribution is 7.98. The molecule has 0 unspecified atom stereocenters. The maximum absolute atomic E-state index is 10.6. The number of rotatable bonds is 2. The van der Waals surface area contributed by atoms with Gasteiger partial charge in [0.25, 0.3) is 0 Å². The molecule has 0 aliphatic heterocycles. The molecule has 0 atom stereocenters. The van der Waals surface area contributed by atoms with Crippen LogP contribution in [0.5, 0.6) is 5.75 Å². The number of phenols is 1. The lowest BCUT2D eigenvalue weighted by Gasteiger charge is -2.04. The van der Waals surface area contributed by atoms with Crippen LogP contribution in [-0.2, 0) is 0 Å². The van der Waals surface area contributed by atoms with Crippen LogP contribution in [0.15, 0.2) is 17.0 Å². The molecule has 0 spiro atoms. The highest BCUT2D eigenvalue weighted by Crippen LogP contribution is 2.33. The van der Waals surface area contributed by atoms with E-state index in [1.165, 1.54) is 23.9 Å². The number of halogens is 1. The summed E-state index contributed by atoms with van der Waals surface area (Å²) in [7, 11) is 0. The van der Waals surface area contributed by atoms with E-state index in [4.69, 9.17) is 11.6 Å². The largest absolute Gasteiger partial charge is 0.507 e. The topological polar surface area (TPSA) is 37.3 Å². The van der Waals surface area contributed by atoms with Gasteiger partial charge in [0.1, 0.15) is 5.75 Å². The fraction of sp³-hybridized carbons (Fsp3) is 0.125. The molecule has 4 heteroatoms. The van der Waals surface area contributed by atoms with Gasteiger partial charge in [0.15, 0.2) is 6.29 Å². The number of aldehydes is 1. The van der Waals surface area contributed by atoms with Crippen molar-refractivity contribution < 1.29 is 9.90 Å². The highest BCUT2D eigenvalue weighted by atomic mass is 35.5. The third kappa shape index (κ3) is 1.57. The van der Waals surface area contributed by atoms with Gasteiger partial charge >= 0.3 is 0 Å². The molecule has 1 aromatic carbocycles. The second-order valence-electron chi connectivity index (χ2n) is 2.13. The van der Waals surface area contributed by atoms with Crippen molar-refractivity contribution in [3.63, 3.8) is 0 Å². The lowest BCUT2D eigenvalue weighted by molar-refractivity contribution is 0.112.